The fourth-order valence-electron chi connectivity index (χ4n) is 4.15. The van der Waals surface area contributed by atoms with Gasteiger partial charge in [-0.05, 0) is 55.3 Å². The van der Waals surface area contributed by atoms with Gasteiger partial charge in [-0.2, -0.15) is 0 Å². The van der Waals surface area contributed by atoms with Gasteiger partial charge in [0.05, 0.1) is 28.5 Å². The summed E-state index contributed by atoms with van der Waals surface area (Å²) >= 11 is 1.23. The van der Waals surface area contributed by atoms with E-state index in [1.165, 1.54) is 22.8 Å². The van der Waals surface area contributed by atoms with Crippen LogP contribution in [0.3, 0.4) is 0 Å². The first-order chi connectivity index (χ1) is 17.4. The number of ether oxygens (including phenoxy) is 4. The van der Waals surface area contributed by atoms with E-state index in [0.29, 0.717) is 37.8 Å². The van der Waals surface area contributed by atoms with Gasteiger partial charge in [0.15, 0.2) is 16.3 Å². The van der Waals surface area contributed by atoms with E-state index in [1.807, 2.05) is 6.07 Å². The van der Waals surface area contributed by atoms with E-state index in [0.717, 1.165) is 5.56 Å². The van der Waals surface area contributed by atoms with Crippen LogP contribution in [0.15, 0.2) is 63.5 Å². The molecule has 36 heavy (non-hydrogen) atoms. The Morgan fingerprint density at radius 2 is 1.92 bits per heavy atom. The fraction of sp³-hybridized carbons (Fsp3) is 0.231. The van der Waals surface area contributed by atoms with Crippen LogP contribution >= 0.6 is 11.3 Å². The molecular weight excluding hydrogens is 484 g/mol. The molecule has 0 spiro atoms. The summed E-state index contributed by atoms with van der Waals surface area (Å²) in [6, 6.07) is 11.4. The number of esters is 2. The molecule has 184 valence electrons. The Labute approximate surface area is 209 Å². The third-order valence-corrected chi connectivity index (χ3v) is 6.65. The van der Waals surface area contributed by atoms with Crippen molar-refractivity contribution in [2.24, 2.45) is 4.99 Å². The molecule has 0 amide bonds. The molecule has 2 aromatic carbocycles. The first-order valence-electron chi connectivity index (χ1n) is 11.2. The predicted octanol–water partition coefficient (Wildman–Crippen LogP) is 2.45. The van der Waals surface area contributed by atoms with Gasteiger partial charge in [-0.3, -0.25) is 14.2 Å². The van der Waals surface area contributed by atoms with Gasteiger partial charge in [-0.15, -0.1) is 0 Å². The summed E-state index contributed by atoms with van der Waals surface area (Å²) in [7, 11) is 0. The SMILES string of the molecule is CCOC(=O)C1=C(C)N=c2sc(=Cc3ccc4c(c3)OCO4)c(=O)n2[C@@H]1c1ccc(OC(C)=O)cc1. The molecule has 1 atom stereocenters. The van der Waals surface area contributed by atoms with Crippen molar-refractivity contribution in [3.63, 3.8) is 0 Å². The quantitative estimate of drug-likeness (QED) is 0.387. The van der Waals surface area contributed by atoms with Crippen molar-refractivity contribution in [1.29, 1.82) is 0 Å². The zero-order valence-corrected chi connectivity index (χ0v) is 20.6. The lowest BCUT2D eigenvalue weighted by Gasteiger charge is -2.24. The second-order valence-corrected chi connectivity index (χ2v) is 9.09. The maximum Gasteiger partial charge on any atom is 0.338 e. The molecule has 2 aliphatic heterocycles. The van der Waals surface area contributed by atoms with Gasteiger partial charge >= 0.3 is 11.9 Å². The summed E-state index contributed by atoms with van der Waals surface area (Å²) in [5, 5.41) is 0. The molecule has 3 aromatic rings. The number of rotatable bonds is 5. The smallest absolute Gasteiger partial charge is 0.338 e. The van der Waals surface area contributed by atoms with Crippen LogP contribution in [0.5, 0.6) is 17.2 Å². The molecular formula is C26H22N2O7S. The Morgan fingerprint density at radius 3 is 2.64 bits per heavy atom. The molecule has 0 fully saturated rings. The fourth-order valence-corrected chi connectivity index (χ4v) is 5.19. The Hall–Kier alpha value is -4.18. The van der Waals surface area contributed by atoms with Crippen molar-refractivity contribution >= 4 is 29.4 Å². The number of fused-ring (bicyclic) bond motifs is 2. The van der Waals surface area contributed by atoms with Crippen LogP contribution in [0.4, 0.5) is 0 Å². The van der Waals surface area contributed by atoms with E-state index in [9.17, 15) is 14.4 Å². The van der Waals surface area contributed by atoms with Crippen LogP contribution in [0.1, 0.15) is 37.9 Å². The van der Waals surface area contributed by atoms with Crippen molar-refractivity contribution < 1.29 is 28.5 Å². The van der Waals surface area contributed by atoms with Crippen molar-refractivity contribution in [3.05, 3.63) is 84.5 Å². The minimum atomic E-state index is -0.759. The van der Waals surface area contributed by atoms with Gasteiger partial charge in [0.2, 0.25) is 6.79 Å². The molecule has 9 nitrogen and oxygen atoms in total. The first-order valence-corrected chi connectivity index (χ1v) is 12.0. The van der Waals surface area contributed by atoms with Crippen LogP contribution in [-0.2, 0) is 14.3 Å². The molecule has 3 heterocycles. The van der Waals surface area contributed by atoms with E-state index < -0.39 is 18.0 Å². The summed E-state index contributed by atoms with van der Waals surface area (Å²) < 4.78 is 23.2. The lowest BCUT2D eigenvalue weighted by atomic mass is 9.96. The van der Waals surface area contributed by atoms with Gasteiger partial charge in [0.1, 0.15) is 5.75 Å². The van der Waals surface area contributed by atoms with Gasteiger partial charge in [-0.25, -0.2) is 9.79 Å². The number of carbonyl (C=O) groups excluding carboxylic acids is 2. The molecule has 0 aliphatic carbocycles. The molecule has 0 bridgehead atoms. The number of thiazole rings is 1. The Bertz CT molecular complexity index is 1580. The third-order valence-electron chi connectivity index (χ3n) is 5.67. The molecule has 5 rings (SSSR count). The minimum Gasteiger partial charge on any atom is -0.463 e. The average molecular weight is 507 g/mol. The highest BCUT2D eigenvalue weighted by molar-refractivity contribution is 7.07. The molecule has 0 saturated heterocycles. The van der Waals surface area contributed by atoms with Crippen molar-refractivity contribution in [1.82, 2.24) is 4.57 Å². The second-order valence-electron chi connectivity index (χ2n) is 8.08. The van der Waals surface area contributed by atoms with Crippen LogP contribution in [0, 0.1) is 0 Å². The maximum atomic E-state index is 13.7. The number of benzene rings is 2. The highest BCUT2D eigenvalue weighted by Gasteiger charge is 2.33. The lowest BCUT2D eigenvalue weighted by molar-refractivity contribution is -0.139. The average Bonchev–Trinajstić information content (AvgIpc) is 3.42. The molecule has 1 aromatic heterocycles. The Morgan fingerprint density at radius 1 is 1.17 bits per heavy atom. The van der Waals surface area contributed by atoms with Crippen molar-refractivity contribution in [2.75, 3.05) is 13.4 Å². The van der Waals surface area contributed by atoms with Crippen LogP contribution in [0.25, 0.3) is 6.08 Å². The van der Waals surface area contributed by atoms with Gasteiger partial charge in [0, 0.05) is 6.92 Å². The number of hydrogen-bond donors (Lipinski definition) is 0. The first kappa shape index (κ1) is 23.6. The molecule has 0 radical (unpaired) electrons. The maximum absolute atomic E-state index is 13.7. The molecule has 10 heteroatoms. The zero-order chi connectivity index (χ0) is 25.4. The van der Waals surface area contributed by atoms with Crippen LogP contribution < -0.4 is 29.1 Å². The van der Waals surface area contributed by atoms with Gasteiger partial charge in [0.25, 0.3) is 5.56 Å². The number of hydrogen-bond acceptors (Lipinski definition) is 9. The van der Waals surface area contributed by atoms with E-state index in [1.54, 1.807) is 56.3 Å². The highest BCUT2D eigenvalue weighted by atomic mass is 32.1. The van der Waals surface area contributed by atoms with Crippen LogP contribution in [0.2, 0.25) is 0 Å². The van der Waals surface area contributed by atoms with E-state index in [-0.39, 0.29) is 24.5 Å². The number of allylic oxidation sites excluding steroid dienone is 1. The summed E-state index contributed by atoms with van der Waals surface area (Å²) in [5.41, 5.74) is 1.88. The third kappa shape index (κ3) is 4.31. The molecule has 0 saturated carbocycles. The monoisotopic (exact) mass is 506 g/mol. The van der Waals surface area contributed by atoms with E-state index in [4.69, 9.17) is 18.9 Å². The Balaban J connectivity index is 1.65. The lowest BCUT2D eigenvalue weighted by Crippen LogP contribution is -2.39. The van der Waals surface area contributed by atoms with Gasteiger partial charge in [-0.1, -0.05) is 29.5 Å². The second kappa shape index (κ2) is 9.46. The molecule has 0 unspecified atom stereocenters. The van der Waals surface area contributed by atoms with Crippen LogP contribution in [-0.4, -0.2) is 29.9 Å². The topological polar surface area (TPSA) is 105 Å². The predicted molar refractivity (Wildman–Crippen MR) is 131 cm³/mol. The van der Waals surface area contributed by atoms with Crippen molar-refractivity contribution in [2.45, 2.75) is 26.8 Å². The Kier molecular flexibility index (Phi) is 6.19. The summed E-state index contributed by atoms with van der Waals surface area (Å²) in [4.78, 5) is 43.0. The minimum absolute atomic E-state index is 0.160. The summed E-state index contributed by atoms with van der Waals surface area (Å²) in [6.45, 7) is 5.10. The largest absolute Gasteiger partial charge is 0.463 e. The summed E-state index contributed by atoms with van der Waals surface area (Å²) in [5.74, 6) is 0.642. The highest BCUT2D eigenvalue weighted by Crippen LogP contribution is 2.33. The number of aromatic nitrogens is 1. The molecule has 0 N–H and O–H groups in total. The van der Waals surface area contributed by atoms with Gasteiger partial charge < -0.3 is 18.9 Å². The standard InChI is InChI=1S/C26H22N2O7S/c1-4-32-25(31)22-14(2)27-26-28(23(22)17-6-8-18(9-7-17)35-15(3)29)24(30)21(36-26)12-16-5-10-19-20(11-16)34-13-33-19/h5-12,23H,4,13H2,1-3H3/t23-/m1/s1. The van der Waals surface area contributed by atoms with E-state index in [2.05, 4.69) is 4.99 Å². The molecule has 2 aliphatic rings. The zero-order valence-electron chi connectivity index (χ0n) is 19.8. The van der Waals surface area contributed by atoms with E-state index >= 15 is 0 Å². The number of carbonyl (C=O) groups is 2. The number of nitrogens with zero attached hydrogens (tertiary/aromatic N) is 2. The normalized spacial score (nSPS) is 16.4. The van der Waals surface area contributed by atoms with Crippen molar-refractivity contribution in [3.8, 4) is 17.2 Å². The summed E-state index contributed by atoms with van der Waals surface area (Å²) in [6.07, 6.45) is 1.76.